The van der Waals surface area contributed by atoms with Gasteiger partial charge in [-0.25, -0.2) is 22.7 Å². The standard InChI is InChI=1S/C18H17N3O4S3/c1-11-14(19-17(24-11)16-5-4-8-26-16)10-27-18-20-13-9-12(6-7-15(13)25-18)28(22,23)21(2)3/h4-9H,10H2,1-3H3. The van der Waals surface area contributed by atoms with Crippen LogP contribution in [0.1, 0.15) is 11.5 Å². The van der Waals surface area contributed by atoms with E-state index in [0.717, 1.165) is 16.3 Å². The smallest absolute Gasteiger partial charge is 0.257 e. The fourth-order valence-electron chi connectivity index (χ4n) is 2.52. The van der Waals surface area contributed by atoms with Gasteiger partial charge in [-0.2, -0.15) is 0 Å². The van der Waals surface area contributed by atoms with Crippen LogP contribution in [0.3, 0.4) is 0 Å². The number of rotatable bonds is 6. The summed E-state index contributed by atoms with van der Waals surface area (Å²) in [5.74, 6) is 1.90. The van der Waals surface area contributed by atoms with E-state index >= 15 is 0 Å². The number of hydrogen-bond acceptors (Lipinski definition) is 8. The molecule has 1 aromatic carbocycles. The first-order valence-corrected chi connectivity index (χ1v) is 11.6. The minimum atomic E-state index is -3.52. The molecule has 7 nitrogen and oxygen atoms in total. The third kappa shape index (κ3) is 3.60. The lowest BCUT2D eigenvalue weighted by Gasteiger charge is -2.10. The molecule has 0 unspecified atom stereocenters. The quantitative estimate of drug-likeness (QED) is 0.415. The Balaban J connectivity index is 1.54. The number of nitrogens with zero attached hydrogens (tertiary/aromatic N) is 3. The maximum Gasteiger partial charge on any atom is 0.257 e. The molecule has 4 rings (SSSR count). The van der Waals surface area contributed by atoms with Gasteiger partial charge in [-0.05, 0) is 36.6 Å². The van der Waals surface area contributed by atoms with Gasteiger partial charge < -0.3 is 8.83 Å². The Morgan fingerprint density at radius 1 is 1.18 bits per heavy atom. The lowest BCUT2D eigenvalue weighted by Crippen LogP contribution is -2.22. The van der Waals surface area contributed by atoms with Gasteiger partial charge in [-0.3, -0.25) is 0 Å². The van der Waals surface area contributed by atoms with Gasteiger partial charge in [0.2, 0.25) is 15.9 Å². The highest BCUT2D eigenvalue weighted by molar-refractivity contribution is 7.98. The third-order valence-electron chi connectivity index (χ3n) is 4.07. The highest BCUT2D eigenvalue weighted by atomic mass is 32.2. The van der Waals surface area contributed by atoms with Crippen molar-refractivity contribution >= 4 is 44.2 Å². The molecule has 28 heavy (non-hydrogen) atoms. The maximum absolute atomic E-state index is 12.3. The van der Waals surface area contributed by atoms with Crippen LogP contribution in [0.15, 0.2) is 54.7 Å². The van der Waals surface area contributed by atoms with Gasteiger partial charge in [0, 0.05) is 19.8 Å². The van der Waals surface area contributed by atoms with Crippen molar-refractivity contribution < 1.29 is 17.3 Å². The molecule has 0 radical (unpaired) electrons. The molecular formula is C18H17N3O4S3. The summed E-state index contributed by atoms with van der Waals surface area (Å²) in [6.45, 7) is 1.88. The fraction of sp³-hybridized carbons (Fsp3) is 0.222. The van der Waals surface area contributed by atoms with Crippen molar-refractivity contribution in [1.29, 1.82) is 0 Å². The molecule has 10 heteroatoms. The highest BCUT2D eigenvalue weighted by Crippen LogP contribution is 2.31. The van der Waals surface area contributed by atoms with E-state index in [1.165, 1.54) is 42.3 Å². The zero-order valence-electron chi connectivity index (χ0n) is 15.4. The van der Waals surface area contributed by atoms with E-state index in [1.807, 2.05) is 24.4 Å². The first kappa shape index (κ1) is 19.2. The van der Waals surface area contributed by atoms with Crippen molar-refractivity contribution in [3.8, 4) is 10.8 Å². The number of aromatic nitrogens is 2. The molecule has 0 aliphatic carbocycles. The Morgan fingerprint density at radius 3 is 2.71 bits per heavy atom. The molecule has 0 bridgehead atoms. The topological polar surface area (TPSA) is 89.4 Å². The molecule has 0 N–H and O–H groups in total. The lowest BCUT2D eigenvalue weighted by molar-refractivity contribution is 0.489. The SMILES string of the molecule is Cc1oc(-c2cccs2)nc1CSc1nc2cc(S(=O)(=O)N(C)C)ccc2o1. The second kappa shape index (κ2) is 7.36. The molecule has 0 amide bonds. The van der Waals surface area contributed by atoms with Gasteiger partial charge in [0.15, 0.2) is 5.58 Å². The van der Waals surface area contributed by atoms with Crippen LogP contribution in [-0.4, -0.2) is 36.8 Å². The van der Waals surface area contributed by atoms with Gasteiger partial charge in [0.25, 0.3) is 5.22 Å². The van der Waals surface area contributed by atoms with Crippen molar-refractivity contribution in [1.82, 2.24) is 14.3 Å². The largest absolute Gasteiger partial charge is 0.440 e. The average molecular weight is 436 g/mol. The van der Waals surface area contributed by atoms with Crippen molar-refractivity contribution in [3.05, 3.63) is 47.2 Å². The summed E-state index contributed by atoms with van der Waals surface area (Å²) in [5.41, 5.74) is 1.87. The number of oxazole rings is 2. The van der Waals surface area contributed by atoms with Gasteiger partial charge in [0.05, 0.1) is 15.5 Å². The Bertz CT molecular complexity index is 1220. The Hall–Kier alpha value is -2.14. The highest BCUT2D eigenvalue weighted by Gasteiger charge is 2.19. The fourth-order valence-corrected chi connectivity index (χ4v) is 4.93. The number of fused-ring (bicyclic) bond motifs is 1. The first-order chi connectivity index (χ1) is 13.3. The first-order valence-electron chi connectivity index (χ1n) is 8.30. The average Bonchev–Trinajstić information content (AvgIpc) is 3.38. The summed E-state index contributed by atoms with van der Waals surface area (Å²) in [7, 11) is -0.527. The summed E-state index contributed by atoms with van der Waals surface area (Å²) in [4.78, 5) is 10.1. The molecule has 0 atom stereocenters. The van der Waals surface area contributed by atoms with Crippen LogP contribution < -0.4 is 0 Å². The molecular weight excluding hydrogens is 418 g/mol. The van der Waals surface area contributed by atoms with Crippen molar-refractivity contribution in [2.45, 2.75) is 22.8 Å². The van der Waals surface area contributed by atoms with E-state index in [0.29, 0.717) is 28.0 Å². The lowest BCUT2D eigenvalue weighted by atomic mass is 10.3. The summed E-state index contributed by atoms with van der Waals surface area (Å²) in [5, 5.41) is 2.43. The number of thioether (sulfide) groups is 1. The van der Waals surface area contributed by atoms with Crippen LogP contribution in [0.25, 0.3) is 21.9 Å². The number of thiophene rings is 1. The molecule has 0 spiro atoms. The predicted octanol–water partition coefficient (Wildman–Crippen LogP) is 4.40. The van der Waals surface area contributed by atoms with Crippen LogP contribution in [0.2, 0.25) is 0 Å². The predicted molar refractivity (Wildman–Crippen MR) is 109 cm³/mol. The van der Waals surface area contributed by atoms with Crippen molar-refractivity contribution in [2.24, 2.45) is 0 Å². The second-order valence-corrected chi connectivity index (χ2v) is 10.2. The van der Waals surface area contributed by atoms with E-state index in [1.54, 1.807) is 17.4 Å². The Labute approximate surface area is 170 Å². The van der Waals surface area contributed by atoms with Gasteiger partial charge in [-0.15, -0.1) is 11.3 Å². The zero-order valence-corrected chi connectivity index (χ0v) is 17.8. The normalized spacial score (nSPS) is 12.3. The van der Waals surface area contributed by atoms with E-state index in [4.69, 9.17) is 8.83 Å². The molecule has 0 aliphatic heterocycles. The number of benzene rings is 1. The van der Waals surface area contributed by atoms with Crippen LogP contribution in [0.5, 0.6) is 0 Å². The van der Waals surface area contributed by atoms with E-state index < -0.39 is 10.0 Å². The minimum absolute atomic E-state index is 0.183. The van der Waals surface area contributed by atoms with E-state index in [-0.39, 0.29) is 4.90 Å². The Kier molecular flexibility index (Phi) is 5.04. The van der Waals surface area contributed by atoms with Crippen LogP contribution in [-0.2, 0) is 15.8 Å². The van der Waals surface area contributed by atoms with Gasteiger partial charge in [-0.1, -0.05) is 17.8 Å². The maximum atomic E-state index is 12.3. The van der Waals surface area contributed by atoms with Crippen LogP contribution >= 0.6 is 23.1 Å². The van der Waals surface area contributed by atoms with Gasteiger partial charge in [0.1, 0.15) is 11.3 Å². The van der Waals surface area contributed by atoms with E-state index in [2.05, 4.69) is 9.97 Å². The number of hydrogen-bond donors (Lipinski definition) is 0. The van der Waals surface area contributed by atoms with Crippen LogP contribution in [0.4, 0.5) is 0 Å². The third-order valence-corrected chi connectivity index (χ3v) is 7.58. The number of aryl methyl sites for hydroxylation is 1. The number of sulfonamides is 1. The molecule has 3 heterocycles. The zero-order chi connectivity index (χ0) is 19.9. The molecule has 0 saturated heterocycles. The van der Waals surface area contributed by atoms with Crippen molar-refractivity contribution in [2.75, 3.05) is 14.1 Å². The summed E-state index contributed by atoms with van der Waals surface area (Å²) < 4.78 is 37.2. The summed E-state index contributed by atoms with van der Waals surface area (Å²) >= 11 is 2.96. The van der Waals surface area contributed by atoms with Crippen molar-refractivity contribution in [3.63, 3.8) is 0 Å². The second-order valence-electron chi connectivity index (χ2n) is 6.18. The van der Waals surface area contributed by atoms with Gasteiger partial charge >= 0.3 is 0 Å². The monoisotopic (exact) mass is 435 g/mol. The van der Waals surface area contributed by atoms with Crippen LogP contribution in [0, 0.1) is 6.92 Å². The molecule has 0 aliphatic rings. The molecule has 146 valence electrons. The minimum Gasteiger partial charge on any atom is -0.440 e. The molecule has 3 aromatic heterocycles. The summed E-state index contributed by atoms with van der Waals surface area (Å²) in [6.07, 6.45) is 0. The summed E-state index contributed by atoms with van der Waals surface area (Å²) in [6, 6.07) is 8.59. The molecule has 4 aromatic rings. The Morgan fingerprint density at radius 2 is 2.00 bits per heavy atom. The molecule has 0 saturated carbocycles. The van der Waals surface area contributed by atoms with E-state index in [9.17, 15) is 8.42 Å². The molecule has 0 fully saturated rings.